The highest BCUT2D eigenvalue weighted by atomic mass is 32.1. The Morgan fingerprint density at radius 2 is 1.83 bits per heavy atom. The number of H-pyrrole nitrogens is 1. The predicted octanol–water partition coefficient (Wildman–Crippen LogP) is 4.30. The molecule has 3 rings (SSSR count). The number of fused-ring (bicyclic) bond motifs is 1. The molecule has 0 unspecified atom stereocenters. The fourth-order valence-electron chi connectivity index (χ4n) is 2.30. The van der Waals surface area contributed by atoms with Gasteiger partial charge in [0.2, 0.25) is 0 Å². The maximum atomic E-state index is 5.45. The SMILES string of the molecule is Cc1cccc(-n2c(=S)[nH]c3c(C)cccc32)c1. The molecule has 0 amide bonds. The topological polar surface area (TPSA) is 20.7 Å². The average molecular weight is 254 g/mol. The van der Waals surface area contributed by atoms with Crippen molar-refractivity contribution in [2.45, 2.75) is 13.8 Å². The number of benzene rings is 2. The number of nitrogens with zero attached hydrogens (tertiary/aromatic N) is 1. The number of aromatic amines is 1. The highest BCUT2D eigenvalue weighted by Gasteiger charge is 2.07. The zero-order valence-corrected chi connectivity index (χ0v) is 11.2. The van der Waals surface area contributed by atoms with Gasteiger partial charge in [-0.15, -0.1) is 0 Å². The molecule has 2 aromatic carbocycles. The summed E-state index contributed by atoms with van der Waals surface area (Å²) in [6.07, 6.45) is 0. The van der Waals surface area contributed by atoms with Gasteiger partial charge in [0, 0.05) is 5.69 Å². The summed E-state index contributed by atoms with van der Waals surface area (Å²) in [6.45, 7) is 4.18. The van der Waals surface area contributed by atoms with Crippen LogP contribution < -0.4 is 0 Å². The molecule has 90 valence electrons. The number of nitrogens with one attached hydrogen (secondary N) is 1. The van der Waals surface area contributed by atoms with Gasteiger partial charge in [-0.3, -0.25) is 4.57 Å². The molecule has 0 atom stereocenters. The molecular formula is C15H14N2S. The molecule has 0 fully saturated rings. The van der Waals surface area contributed by atoms with Crippen LogP contribution in [0.15, 0.2) is 42.5 Å². The van der Waals surface area contributed by atoms with Gasteiger partial charge in [-0.1, -0.05) is 24.3 Å². The van der Waals surface area contributed by atoms with Gasteiger partial charge in [-0.25, -0.2) is 0 Å². The average Bonchev–Trinajstić information content (AvgIpc) is 2.67. The smallest absolute Gasteiger partial charge is 0.182 e. The normalized spacial score (nSPS) is 11.0. The number of imidazole rings is 1. The Labute approximate surface area is 111 Å². The van der Waals surface area contributed by atoms with Gasteiger partial charge in [0.1, 0.15) is 0 Å². The molecule has 0 saturated heterocycles. The summed E-state index contributed by atoms with van der Waals surface area (Å²) < 4.78 is 2.83. The number of para-hydroxylation sites is 1. The Kier molecular flexibility index (Phi) is 2.56. The molecule has 18 heavy (non-hydrogen) atoms. The highest BCUT2D eigenvalue weighted by Crippen LogP contribution is 2.22. The lowest BCUT2D eigenvalue weighted by Crippen LogP contribution is -1.94. The summed E-state index contributed by atoms with van der Waals surface area (Å²) in [6, 6.07) is 14.6. The molecule has 3 heteroatoms. The zero-order chi connectivity index (χ0) is 12.7. The Bertz CT molecular complexity index is 781. The quantitative estimate of drug-likeness (QED) is 0.642. The Hall–Kier alpha value is -1.87. The van der Waals surface area contributed by atoms with Crippen LogP contribution in [0.3, 0.4) is 0 Å². The molecule has 3 aromatic rings. The molecule has 0 aliphatic carbocycles. The number of rotatable bonds is 1. The first-order valence-electron chi connectivity index (χ1n) is 5.94. The zero-order valence-electron chi connectivity index (χ0n) is 10.4. The van der Waals surface area contributed by atoms with E-state index >= 15 is 0 Å². The minimum Gasteiger partial charge on any atom is -0.330 e. The van der Waals surface area contributed by atoms with Gasteiger partial charge in [0.25, 0.3) is 0 Å². The van der Waals surface area contributed by atoms with E-state index in [4.69, 9.17) is 12.2 Å². The first-order valence-corrected chi connectivity index (χ1v) is 6.35. The summed E-state index contributed by atoms with van der Waals surface area (Å²) in [5.41, 5.74) is 5.80. The van der Waals surface area contributed by atoms with Gasteiger partial charge in [-0.05, 0) is 55.4 Å². The van der Waals surface area contributed by atoms with Crippen LogP contribution in [-0.4, -0.2) is 9.55 Å². The van der Waals surface area contributed by atoms with Crippen molar-refractivity contribution in [3.8, 4) is 5.69 Å². The van der Waals surface area contributed by atoms with Gasteiger partial charge in [-0.2, -0.15) is 0 Å². The molecule has 0 spiro atoms. The molecule has 0 aliphatic heterocycles. The molecule has 1 heterocycles. The van der Waals surface area contributed by atoms with Crippen molar-refractivity contribution in [2.24, 2.45) is 0 Å². The second kappa shape index (κ2) is 4.10. The third-order valence-corrected chi connectivity index (χ3v) is 3.47. The van der Waals surface area contributed by atoms with E-state index in [0.29, 0.717) is 0 Å². The van der Waals surface area contributed by atoms with Crippen LogP contribution in [-0.2, 0) is 0 Å². The van der Waals surface area contributed by atoms with E-state index in [1.165, 1.54) is 11.1 Å². The largest absolute Gasteiger partial charge is 0.330 e. The van der Waals surface area contributed by atoms with Crippen LogP contribution in [0.25, 0.3) is 16.7 Å². The molecule has 2 nitrogen and oxygen atoms in total. The summed E-state index contributed by atoms with van der Waals surface area (Å²) in [5, 5.41) is 0. The van der Waals surface area contributed by atoms with Gasteiger partial charge < -0.3 is 4.98 Å². The van der Waals surface area contributed by atoms with E-state index in [0.717, 1.165) is 21.5 Å². The summed E-state index contributed by atoms with van der Waals surface area (Å²) >= 11 is 5.45. The van der Waals surface area contributed by atoms with Crippen molar-refractivity contribution in [3.63, 3.8) is 0 Å². The second-order valence-corrected chi connectivity index (χ2v) is 4.96. The third-order valence-electron chi connectivity index (χ3n) is 3.19. The minimum atomic E-state index is 0.741. The van der Waals surface area contributed by atoms with E-state index in [1.54, 1.807) is 0 Å². The van der Waals surface area contributed by atoms with E-state index < -0.39 is 0 Å². The second-order valence-electron chi connectivity index (χ2n) is 4.57. The lowest BCUT2D eigenvalue weighted by molar-refractivity contribution is 1.06. The van der Waals surface area contributed by atoms with E-state index in [2.05, 4.69) is 65.9 Å². The van der Waals surface area contributed by atoms with Crippen LogP contribution in [0.4, 0.5) is 0 Å². The first-order chi connectivity index (χ1) is 8.66. The molecular weight excluding hydrogens is 240 g/mol. The Morgan fingerprint density at radius 3 is 2.61 bits per heavy atom. The fraction of sp³-hybridized carbons (Fsp3) is 0.133. The standard InChI is InChI=1S/C15H14N2S/c1-10-5-3-7-12(9-10)17-13-8-4-6-11(2)14(13)16-15(17)18/h3-9H,1-2H3,(H,16,18). The highest BCUT2D eigenvalue weighted by molar-refractivity contribution is 7.71. The molecule has 0 radical (unpaired) electrons. The van der Waals surface area contributed by atoms with Crippen molar-refractivity contribution in [1.82, 2.24) is 9.55 Å². The maximum Gasteiger partial charge on any atom is 0.182 e. The number of hydrogen-bond donors (Lipinski definition) is 1. The molecule has 0 bridgehead atoms. The Morgan fingerprint density at radius 1 is 1.06 bits per heavy atom. The van der Waals surface area contributed by atoms with Crippen molar-refractivity contribution in [3.05, 3.63) is 58.4 Å². The van der Waals surface area contributed by atoms with Crippen LogP contribution in [0.1, 0.15) is 11.1 Å². The number of aromatic nitrogens is 2. The molecule has 1 N–H and O–H groups in total. The van der Waals surface area contributed by atoms with Gasteiger partial charge in [0.15, 0.2) is 4.77 Å². The van der Waals surface area contributed by atoms with Crippen LogP contribution in [0, 0.1) is 18.6 Å². The predicted molar refractivity (Wildman–Crippen MR) is 77.9 cm³/mol. The van der Waals surface area contributed by atoms with Crippen molar-refractivity contribution in [2.75, 3.05) is 0 Å². The van der Waals surface area contributed by atoms with Crippen molar-refractivity contribution in [1.29, 1.82) is 0 Å². The van der Waals surface area contributed by atoms with Crippen molar-refractivity contribution >= 4 is 23.3 Å². The summed E-state index contributed by atoms with van der Waals surface area (Å²) in [4.78, 5) is 3.29. The fourth-order valence-corrected chi connectivity index (χ4v) is 2.60. The van der Waals surface area contributed by atoms with Crippen LogP contribution >= 0.6 is 12.2 Å². The van der Waals surface area contributed by atoms with E-state index in [1.807, 2.05) is 0 Å². The maximum absolute atomic E-state index is 5.45. The monoisotopic (exact) mass is 254 g/mol. The van der Waals surface area contributed by atoms with Crippen LogP contribution in [0.2, 0.25) is 0 Å². The Balaban J connectivity index is 2.39. The first kappa shape index (κ1) is 11.2. The van der Waals surface area contributed by atoms with E-state index in [-0.39, 0.29) is 0 Å². The lowest BCUT2D eigenvalue weighted by atomic mass is 10.2. The lowest BCUT2D eigenvalue weighted by Gasteiger charge is -2.05. The number of aryl methyl sites for hydroxylation is 2. The van der Waals surface area contributed by atoms with Crippen LogP contribution in [0.5, 0.6) is 0 Å². The van der Waals surface area contributed by atoms with Gasteiger partial charge in [0.05, 0.1) is 11.0 Å². The molecule has 0 aliphatic rings. The number of hydrogen-bond acceptors (Lipinski definition) is 1. The van der Waals surface area contributed by atoms with Gasteiger partial charge >= 0.3 is 0 Å². The molecule has 0 saturated carbocycles. The third kappa shape index (κ3) is 1.68. The summed E-state index contributed by atoms with van der Waals surface area (Å²) in [7, 11) is 0. The molecule has 1 aromatic heterocycles. The minimum absolute atomic E-state index is 0.741. The van der Waals surface area contributed by atoms with Crippen molar-refractivity contribution < 1.29 is 0 Å². The van der Waals surface area contributed by atoms with E-state index in [9.17, 15) is 0 Å². The summed E-state index contributed by atoms with van der Waals surface area (Å²) in [5.74, 6) is 0.